The SMILES string of the molecule is COc1cccc(C)c1C(=O)N1C[C@H]2CC[C@H]1C2. The number of methoxy groups -OCH3 is 1. The van der Waals surface area contributed by atoms with Gasteiger partial charge in [0.25, 0.3) is 5.91 Å². The molecule has 3 rings (SSSR count). The number of benzene rings is 1. The zero-order valence-electron chi connectivity index (χ0n) is 11.0. The van der Waals surface area contributed by atoms with Crippen LogP contribution in [0.25, 0.3) is 0 Å². The van der Waals surface area contributed by atoms with Gasteiger partial charge >= 0.3 is 0 Å². The van der Waals surface area contributed by atoms with Gasteiger partial charge in [-0.3, -0.25) is 4.79 Å². The molecule has 1 aromatic carbocycles. The minimum Gasteiger partial charge on any atom is -0.496 e. The van der Waals surface area contributed by atoms with E-state index in [9.17, 15) is 4.79 Å². The lowest BCUT2D eigenvalue weighted by Crippen LogP contribution is -2.38. The molecular formula is C15H19NO2. The van der Waals surface area contributed by atoms with Crippen LogP contribution in [0.1, 0.15) is 35.2 Å². The zero-order chi connectivity index (χ0) is 12.7. The number of ether oxygens (including phenoxy) is 1. The van der Waals surface area contributed by atoms with Gasteiger partial charge in [0, 0.05) is 12.6 Å². The third kappa shape index (κ3) is 1.69. The Morgan fingerprint density at radius 3 is 2.83 bits per heavy atom. The first kappa shape index (κ1) is 11.6. The maximum absolute atomic E-state index is 12.7. The molecule has 1 aromatic rings. The molecule has 18 heavy (non-hydrogen) atoms. The third-order valence-electron chi connectivity index (χ3n) is 4.34. The smallest absolute Gasteiger partial charge is 0.258 e. The van der Waals surface area contributed by atoms with Crippen LogP contribution in [-0.2, 0) is 0 Å². The Morgan fingerprint density at radius 1 is 1.39 bits per heavy atom. The van der Waals surface area contributed by atoms with E-state index in [0.717, 1.165) is 23.6 Å². The summed E-state index contributed by atoms with van der Waals surface area (Å²) in [4.78, 5) is 14.7. The molecule has 0 spiro atoms. The van der Waals surface area contributed by atoms with E-state index in [1.54, 1.807) is 7.11 Å². The van der Waals surface area contributed by atoms with Gasteiger partial charge in [-0.05, 0) is 43.7 Å². The number of aryl methyl sites for hydroxylation is 1. The predicted molar refractivity (Wildman–Crippen MR) is 69.9 cm³/mol. The average molecular weight is 245 g/mol. The number of hydrogen-bond acceptors (Lipinski definition) is 2. The number of rotatable bonds is 2. The molecule has 2 fully saturated rings. The Bertz CT molecular complexity index is 483. The molecule has 1 aliphatic heterocycles. The molecule has 0 aromatic heterocycles. The van der Waals surface area contributed by atoms with Crippen LogP contribution >= 0.6 is 0 Å². The lowest BCUT2D eigenvalue weighted by molar-refractivity contribution is 0.0699. The van der Waals surface area contributed by atoms with E-state index in [-0.39, 0.29) is 5.91 Å². The summed E-state index contributed by atoms with van der Waals surface area (Å²) >= 11 is 0. The van der Waals surface area contributed by atoms with E-state index in [1.807, 2.05) is 25.1 Å². The summed E-state index contributed by atoms with van der Waals surface area (Å²) in [5.74, 6) is 1.58. The molecule has 2 aliphatic rings. The van der Waals surface area contributed by atoms with Crippen LogP contribution < -0.4 is 4.74 Å². The van der Waals surface area contributed by atoms with Gasteiger partial charge in [-0.25, -0.2) is 0 Å². The fourth-order valence-corrected chi connectivity index (χ4v) is 3.40. The molecule has 2 bridgehead atoms. The van der Waals surface area contributed by atoms with Crippen molar-refractivity contribution in [3.8, 4) is 5.75 Å². The highest BCUT2D eigenvalue weighted by Gasteiger charge is 2.41. The number of nitrogens with zero attached hydrogens (tertiary/aromatic N) is 1. The summed E-state index contributed by atoms with van der Waals surface area (Å²) in [5, 5.41) is 0. The second-order valence-electron chi connectivity index (χ2n) is 5.44. The van der Waals surface area contributed by atoms with E-state index in [2.05, 4.69) is 4.90 Å². The number of carbonyl (C=O) groups excluding carboxylic acids is 1. The standard InChI is InChI=1S/C15H19NO2/c1-10-4-3-5-13(18-2)14(10)15(17)16-9-11-6-7-12(16)8-11/h3-5,11-12H,6-9H2,1-2H3/t11-,12-/m0/s1. The van der Waals surface area contributed by atoms with Gasteiger partial charge < -0.3 is 9.64 Å². The van der Waals surface area contributed by atoms with Crippen molar-refractivity contribution in [1.29, 1.82) is 0 Å². The molecule has 2 atom stereocenters. The molecule has 0 radical (unpaired) electrons. The molecule has 1 saturated heterocycles. The van der Waals surface area contributed by atoms with Crippen LogP contribution in [0.2, 0.25) is 0 Å². The number of amides is 1. The Kier molecular flexibility index (Phi) is 2.77. The van der Waals surface area contributed by atoms with E-state index in [0.29, 0.717) is 11.8 Å². The fourth-order valence-electron chi connectivity index (χ4n) is 3.40. The minimum atomic E-state index is 0.150. The van der Waals surface area contributed by atoms with E-state index in [4.69, 9.17) is 4.74 Å². The summed E-state index contributed by atoms with van der Waals surface area (Å²) in [6.45, 7) is 2.91. The number of likely N-dealkylation sites (tertiary alicyclic amines) is 1. The summed E-state index contributed by atoms with van der Waals surface area (Å²) in [6, 6.07) is 6.24. The van der Waals surface area contributed by atoms with E-state index >= 15 is 0 Å². The first-order chi connectivity index (χ1) is 8.70. The summed E-state index contributed by atoms with van der Waals surface area (Å²) in [6.07, 6.45) is 3.66. The third-order valence-corrected chi connectivity index (χ3v) is 4.34. The second kappa shape index (κ2) is 4.30. The Hall–Kier alpha value is -1.51. The second-order valence-corrected chi connectivity index (χ2v) is 5.44. The van der Waals surface area contributed by atoms with Crippen molar-refractivity contribution >= 4 is 5.91 Å². The topological polar surface area (TPSA) is 29.5 Å². The molecule has 1 amide bonds. The van der Waals surface area contributed by atoms with Crippen molar-refractivity contribution in [2.24, 2.45) is 5.92 Å². The molecule has 96 valence electrons. The van der Waals surface area contributed by atoms with Gasteiger partial charge in [0.05, 0.1) is 12.7 Å². The Labute approximate surface area is 108 Å². The summed E-state index contributed by atoms with van der Waals surface area (Å²) < 4.78 is 5.34. The number of piperidine rings is 1. The van der Waals surface area contributed by atoms with Gasteiger partial charge in [0.15, 0.2) is 0 Å². The summed E-state index contributed by atoms with van der Waals surface area (Å²) in [5.41, 5.74) is 1.75. The predicted octanol–water partition coefficient (Wildman–Crippen LogP) is 2.63. The first-order valence-corrected chi connectivity index (χ1v) is 6.65. The lowest BCUT2D eigenvalue weighted by Gasteiger charge is -2.28. The Morgan fingerprint density at radius 2 is 2.22 bits per heavy atom. The summed E-state index contributed by atoms with van der Waals surface area (Å²) in [7, 11) is 1.63. The van der Waals surface area contributed by atoms with Crippen molar-refractivity contribution in [3.05, 3.63) is 29.3 Å². The van der Waals surface area contributed by atoms with Crippen LogP contribution in [0.3, 0.4) is 0 Å². The van der Waals surface area contributed by atoms with Crippen LogP contribution in [0.4, 0.5) is 0 Å². The molecule has 1 heterocycles. The Balaban J connectivity index is 1.93. The van der Waals surface area contributed by atoms with Crippen molar-refractivity contribution in [1.82, 2.24) is 4.90 Å². The van der Waals surface area contributed by atoms with Crippen LogP contribution in [0.15, 0.2) is 18.2 Å². The van der Waals surface area contributed by atoms with Crippen LogP contribution in [-0.4, -0.2) is 30.5 Å². The van der Waals surface area contributed by atoms with Crippen LogP contribution in [0, 0.1) is 12.8 Å². The normalized spacial score (nSPS) is 25.6. The van der Waals surface area contributed by atoms with Crippen molar-refractivity contribution in [3.63, 3.8) is 0 Å². The molecule has 3 nitrogen and oxygen atoms in total. The molecule has 0 unspecified atom stereocenters. The maximum Gasteiger partial charge on any atom is 0.258 e. The number of carbonyl (C=O) groups is 1. The largest absolute Gasteiger partial charge is 0.496 e. The average Bonchev–Trinajstić information content (AvgIpc) is 2.99. The monoisotopic (exact) mass is 245 g/mol. The quantitative estimate of drug-likeness (QED) is 0.801. The number of hydrogen-bond donors (Lipinski definition) is 0. The highest BCUT2D eigenvalue weighted by atomic mass is 16.5. The minimum absolute atomic E-state index is 0.150. The van der Waals surface area contributed by atoms with Crippen LogP contribution in [0.5, 0.6) is 5.75 Å². The molecular weight excluding hydrogens is 226 g/mol. The highest BCUT2D eigenvalue weighted by Crippen LogP contribution is 2.39. The van der Waals surface area contributed by atoms with E-state index in [1.165, 1.54) is 19.3 Å². The van der Waals surface area contributed by atoms with Crippen molar-refractivity contribution in [2.75, 3.05) is 13.7 Å². The zero-order valence-corrected chi connectivity index (χ0v) is 11.0. The van der Waals surface area contributed by atoms with Crippen molar-refractivity contribution in [2.45, 2.75) is 32.2 Å². The van der Waals surface area contributed by atoms with Gasteiger partial charge in [0.1, 0.15) is 5.75 Å². The van der Waals surface area contributed by atoms with Gasteiger partial charge in [0.2, 0.25) is 0 Å². The molecule has 0 N–H and O–H groups in total. The van der Waals surface area contributed by atoms with Gasteiger partial charge in [-0.2, -0.15) is 0 Å². The first-order valence-electron chi connectivity index (χ1n) is 6.65. The van der Waals surface area contributed by atoms with E-state index < -0.39 is 0 Å². The van der Waals surface area contributed by atoms with Gasteiger partial charge in [-0.1, -0.05) is 12.1 Å². The molecule has 1 saturated carbocycles. The van der Waals surface area contributed by atoms with Crippen molar-refractivity contribution < 1.29 is 9.53 Å². The number of fused-ring (bicyclic) bond motifs is 2. The molecule has 3 heteroatoms. The maximum atomic E-state index is 12.7. The molecule has 1 aliphatic carbocycles. The lowest BCUT2D eigenvalue weighted by atomic mass is 10.0. The van der Waals surface area contributed by atoms with Gasteiger partial charge in [-0.15, -0.1) is 0 Å². The highest BCUT2D eigenvalue weighted by molar-refractivity contribution is 5.98. The fraction of sp³-hybridized carbons (Fsp3) is 0.533.